The molecule has 0 aliphatic heterocycles. The molecule has 1 aromatic rings. The van der Waals surface area contributed by atoms with E-state index in [0.29, 0.717) is 23.5 Å². The highest BCUT2D eigenvalue weighted by atomic mass is 79.9. The maximum atomic E-state index is 11.7. The van der Waals surface area contributed by atoms with E-state index >= 15 is 0 Å². The molecular weight excluding hydrogens is 293 g/mol. The summed E-state index contributed by atoms with van der Waals surface area (Å²) in [6, 6.07) is 3.67. The van der Waals surface area contributed by atoms with Gasteiger partial charge in [0.05, 0.1) is 6.54 Å². The summed E-state index contributed by atoms with van der Waals surface area (Å²) in [5.41, 5.74) is 0. The van der Waals surface area contributed by atoms with Crippen LogP contribution in [-0.2, 0) is 11.3 Å². The minimum absolute atomic E-state index is 0.123. The Hall–Kier alpha value is -0.480. The van der Waals surface area contributed by atoms with Crippen LogP contribution in [0.5, 0.6) is 0 Å². The van der Waals surface area contributed by atoms with E-state index in [1.54, 1.807) is 11.9 Å². The SMILES string of the molecule is CN(Cc1ccc(Br)o1)C(=O)CCCCCl. The lowest BCUT2D eigenvalue weighted by Gasteiger charge is -2.15. The molecule has 0 aliphatic carbocycles. The molecule has 1 heterocycles. The van der Waals surface area contributed by atoms with Crippen molar-refractivity contribution in [1.29, 1.82) is 0 Å². The highest BCUT2D eigenvalue weighted by molar-refractivity contribution is 9.10. The Morgan fingerprint density at radius 1 is 1.50 bits per heavy atom. The second-order valence-electron chi connectivity index (χ2n) is 3.60. The number of rotatable bonds is 6. The number of halogens is 2. The predicted octanol–water partition coefficient (Wildman–Crippen LogP) is 3.41. The van der Waals surface area contributed by atoms with Crippen LogP contribution >= 0.6 is 27.5 Å². The molecule has 0 saturated carbocycles. The Bertz CT molecular complexity index is 340. The van der Waals surface area contributed by atoms with E-state index in [1.165, 1.54) is 0 Å². The van der Waals surface area contributed by atoms with Gasteiger partial charge in [-0.1, -0.05) is 0 Å². The van der Waals surface area contributed by atoms with Gasteiger partial charge in [0.15, 0.2) is 4.67 Å². The standard InChI is InChI=1S/C11H15BrClNO2/c1-14(11(15)4-2-3-7-13)8-9-5-6-10(12)16-9/h5-6H,2-4,7-8H2,1H3. The van der Waals surface area contributed by atoms with Crippen LogP contribution in [0.15, 0.2) is 21.2 Å². The topological polar surface area (TPSA) is 33.5 Å². The number of hydrogen-bond acceptors (Lipinski definition) is 2. The monoisotopic (exact) mass is 307 g/mol. The predicted molar refractivity (Wildman–Crippen MR) is 67.5 cm³/mol. The third kappa shape index (κ3) is 4.58. The summed E-state index contributed by atoms with van der Waals surface area (Å²) in [4.78, 5) is 13.3. The van der Waals surface area contributed by atoms with Gasteiger partial charge in [-0.2, -0.15) is 0 Å². The van der Waals surface area contributed by atoms with E-state index < -0.39 is 0 Å². The summed E-state index contributed by atoms with van der Waals surface area (Å²) in [6.45, 7) is 0.505. The lowest BCUT2D eigenvalue weighted by molar-refractivity contribution is -0.130. The summed E-state index contributed by atoms with van der Waals surface area (Å²) < 4.78 is 6.02. The van der Waals surface area contributed by atoms with E-state index in [2.05, 4.69) is 15.9 Å². The first-order valence-corrected chi connectivity index (χ1v) is 6.50. The first-order chi connectivity index (χ1) is 7.63. The van der Waals surface area contributed by atoms with Crippen molar-refractivity contribution in [3.05, 3.63) is 22.6 Å². The normalized spacial score (nSPS) is 10.4. The van der Waals surface area contributed by atoms with Crippen LogP contribution in [0.3, 0.4) is 0 Å². The van der Waals surface area contributed by atoms with Crippen LogP contribution in [0.1, 0.15) is 25.0 Å². The van der Waals surface area contributed by atoms with Crippen molar-refractivity contribution in [2.45, 2.75) is 25.8 Å². The Kier molecular flexibility index (Phi) is 5.91. The fourth-order valence-corrected chi connectivity index (χ4v) is 1.85. The molecule has 0 aromatic carbocycles. The third-order valence-electron chi connectivity index (χ3n) is 2.22. The number of hydrogen-bond donors (Lipinski definition) is 0. The molecule has 0 N–H and O–H groups in total. The average molecular weight is 309 g/mol. The number of alkyl halides is 1. The second-order valence-corrected chi connectivity index (χ2v) is 4.76. The first kappa shape index (κ1) is 13.6. The summed E-state index contributed by atoms with van der Waals surface area (Å²) in [7, 11) is 1.78. The largest absolute Gasteiger partial charge is 0.452 e. The highest BCUT2D eigenvalue weighted by Crippen LogP contribution is 2.15. The quantitative estimate of drug-likeness (QED) is 0.596. The van der Waals surface area contributed by atoms with Gasteiger partial charge in [-0.25, -0.2) is 0 Å². The van der Waals surface area contributed by atoms with Gasteiger partial charge in [-0.3, -0.25) is 4.79 Å². The zero-order valence-electron chi connectivity index (χ0n) is 9.21. The Morgan fingerprint density at radius 2 is 2.25 bits per heavy atom. The summed E-state index contributed by atoms with van der Waals surface area (Å²) in [5.74, 6) is 1.51. The summed E-state index contributed by atoms with van der Waals surface area (Å²) in [5, 5.41) is 0. The minimum atomic E-state index is 0.123. The molecule has 1 aromatic heterocycles. The molecule has 0 atom stereocenters. The van der Waals surface area contributed by atoms with Crippen LogP contribution < -0.4 is 0 Å². The van der Waals surface area contributed by atoms with Gasteiger partial charge in [-0.05, 0) is 40.9 Å². The number of furan rings is 1. The molecular formula is C11H15BrClNO2. The van der Waals surface area contributed by atoms with Gasteiger partial charge >= 0.3 is 0 Å². The maximum Gasteiger partial charge on any atom is 0.222 e. The van der Waals surface area contributed by atoms with Crippen molar-refractivity contribution in [1.82, 2.24) is 4.90 Å². The molecule has 0 bridgehead atoms. The molecule has 0 radical (unpaired) electrons. The van der Waals surface area contributed by atoms with Crippen molar-refractivity contribution in [2.24, 2.45) is 0 Å². The van der Waals surface area contributed by atoms with Crippen molar-refractivity contribution >= 4 is 33.4 Å². The zero-order valence-corrected chi connectivity index (χ0v) is 11.6. The molecule has 1 rings (SSSR count). The molecule has 5 heteroatoms. The van der Waals surface area contributed by atoms with Crippen LogP contribution in [-0.4, -0.2) is 23.7 Å². The Balaban J connectivity index is 2.34. The van der Waals surface area contributed by atoms with Crippen molar-refractivity contribution in [3.8, 4) is 0 Å². The van der Waals surface area contributed by atoms with Crippen molar-refractivity contribution in [2.75, 3.05) is 12.9 Å². The Labute approximate surface area is 109 Å². The molecule has 0 saturated heterocycles. The van der Waals surface area contributed by atoms with Crippen molar-refractivity contribution < 1.29 is 9.21 Å². The third-order valence-corrected chi connectivity index (χ3v) is 2.92. The number of carbonyl (C=O) groups excluding carboxylic acids is 1. The smallest absolute Gasteiger partial charge is 0.222 e. The number of carbonyl (C=O) groups is 1. The molecule has 0 unspecified atom stereocenters. The van der Waals surface area contributed by atoms with E-state index in [4.69, 9.17) is 16.0 Å². The summed E-state index contributed by atoms with van der Waals surface area (Å²) >= 11 is 8.78. The lowest BCUT2D eigenvalue weighted by atomic mass is 10.2. The van der Waals surface area contributed by atoms with Gasteiger partial charge in [-0.15, -0.1) is 11.6 Å². The van der Waals surface area contributed by atoms with Gasteiger partial charge in [0, 0.05) is 19.3 Å². The van der Waals surface area contributed by atoms with Crippen LogP contribution in [0, 0.1) is 0 Å². The van der Waals surface area contributed by atoms with Crippen LogP contribution in [0.2, 0.25) is 0 Å². The van der Waals surface area contributed by atoms with Gasteiger partial charge in [0.25, 0.3) is 0 Å². The fourth-order valence-electron chi connectivity index (χ4n) is 1.32. The first-order valence-electron chi connectivity index (χ1n) is 5.17. The molecule has 0 fully saturated rings. The molecule has 90 valence electrons. The molecule has 0 spiro atoms. The molecule has 16 heavy (non-hydrogen) atoms. The van der Waals surface area contributed by atoms with Crippen LogP contribution in [0.4, 0.5) is 0 Å². The number of amides is 1. The molecule has 1 amide bonds. The zero-order chi connectivity index (χ0) is 12.0. The van der Waals surface area contributed by atoms with E-state index in [0.717, 1.165) is 18.6 Å². The minimum Gasteiger partial charge on any atom is -0.452 e. The van der Waals surface area contributed by atoms with E-state index in [-0.39, 0.29) is 5.91 Å². The van der Waals surface area contributed by atoms with Crippen LogP contribution in [0.25, 0.3) is 0 Å². The highest BCUT2D eigenvalue weighted by Gasteiger charge is 2.10. The maximum absolute atomic E-state index is 11.7. The van der Waals surface area contributed by atoms with Crippen molar-refractivity contribution in [3.63, 3.8) is 0 Å². The average Bonchev–Trinajstić information content (AvgIpc) is 2.64. The van der Waals surface area contributed by atoms with Gasteiger partial charge < -0.3 is 9.32 Å². The summed E-state index contributed by atoms with van der Waals surface area (Å²) in [6.07, 6.45) is 2.27. The molecule has 0 aliphatic rings. The fraction of sp³-hybridized carbons (Fsp3) is 0.545. The van der Waals surface area contributed by atoms with Gasteiger partial charge in [0.2, 0.25) is 5.91 Å². The van der Waals surface area contributed by atoms with Gasteiger partial charge in [0.1, 0.15) is 5.76 Å². The second kappa shape index (κ2) is 6.97. The number of unbranched alkanes of at least 4 members (excludes halogenated alkanes) is 1. The van der Waals surface area contributed by atoms with E-state index in [1.807, 2.05) is 12.1 Å². The number of nitrogens with zero attached hydrogens (tertiary/aromatic N) is 1. The van der Waals surface area contributed by atoms with E-state index in [9.17, 15) is 4.79 Å². The molecule has 3 nitrogen and oxygen atoms in total. The lowest BCUT2D eigenvalue weighted by Crippen LogP contribution is -2.25. The Morgan fingerprint density at radius 3 is 2.81 bits per heavy atom.